The fourth-order valence-corrected chi connectivity index (χ4v) is 4.51. The third-order valence-corrected chi connectivity index (χ3v) is 6.81. The number of halogens is 1. The first-order valence-electron chi connectivity index (χ1n) is 9.59. The summed E-state index contributed by atoms with van der Waals surface area (Å²) in [5.41, 5.74) is 0.491. The zero-order valence-corrected chi connectivity index (χ0v) is 17.9. The molecule has 0 amide bonds. The molecule has 0 bridgehead atoms. The molecule has 0 saturated heterocycles. The van der Waals surface area contributed by atoms with Gasteiger partial charge < -0.3 is 14.1 Å². The minimum Gasteiger partial charge on any atom is -0.424 e. The summed E-state index contributed by atoms with van der Waals surface area (Å²) >= 11 is 0. The Kier molecular flexibility index (Phi) is 6.81. The molecule has 2 aromatic heterocycles. The number of ether oxygens (including phenoxy) is 1. The minimum atomic E-state index is -3.98. The topological polar surface area (TPSA) is 98.6 Å². The number of sulfonamides is 1. The number of rotatable bonds is 9. The molecule has 0 saturated carbocycles. The second kappa shape index (κ2) is 9.36. The lowest BCUT2D eigenvalue weighted by molar-refractivity contribution is -0.133. The molecule has 1 aromatic carbocycles. The minimum absolute atomic E-state index is 0.0759. The average Bonchev–Trinajstić information content (AvgIpc) is 3.10. The maximum atomic E-state index is 13.2. The van der Waals surface area contributed by atoms with Crippen LogP contribution in [0.25, 0.3) is 11.0 Å². The van der Waals surface area contributed by atoms with Crippen molar-refractivity contribution in [1.82, 2.24) is 13.9 Å². The summed E-state index contributed by atoms with van der Waals surface area (Å²) in [6, 6.07) is 7.16. The second-order valence-electron chi connectivity index (χ2n) is 6.88. The SMILES string of the molecule is CCC(=O)Oc1cn(C[C@@H](CC=O)N(C)S(=O)(=O)c2ccc(F)cc2)c2ncccc12. The van der Waals surface area contributed by atoms with E-state index in [2.05, 4.69) is 4.98 Å². The molecule has 0 aliphatic carbocycles. The van der Waals surface area contributed by atoms with E-state index in [1.54, 1.807) is 36.0 Å². The van der Waals surface area contributed by atoms with Crippen LogP contribution < -0.4 is 4.74 Å². The number of likely N-dealkylation sites (N-methyl/N-ethyl adjacent to an activating group) is 1. The van der Waals surface area contributed by atoms with E-state index >= 15 is 0 Å². The zero-order valence-electron chi connectivity index (χ0n) is 17.1. The van der Waals surface area contributed by atoms with Crippen molar-refractivity contribution in [3.63, 3.8) is 0 Å². The molecule has 10 heteroatoms. The Morgan fingerprint density at radius 1 is 1.29 bits per heavy atom. The summed E-state index contributed by atoms with van der Waals surface area (Å²) in [7, 11) is -2.61. The number of fused-ring (bicyclic) bond motifs is 1. The van der Waals surface area contributed by atoms with Crippen molar-refractivity contribution in [3.8, 4) is 5.75 Å². The Bertz CT molecular complexity index is 1190. The van der Waals surface area contributed by atoms with Gasteiger partial charge >= 0.3 is 5.97 Å². The maximum absolute atomic E-state index is 13.2. The first-order valence-corrected chi connectivity index (χ1v) is 11.0. The number of hydrogen-bond acceptors (Lipinski definition) is 6. The maximum Gasteiger partial charge on any atom is 0.310 e. The van der Waals surface area contributed by atoms with Gasteiger partial charge in [0.2, 0.25) is 10.0 Å². The zero-order chi connectivity index (χ0) is 22.6. The molecule has 1 atom stereocenters. The summed E-state index contributed by atoms with van der Waals surface area (Å²) in [4.78, 5) is 27.3. The van der Waals surface area contributed by atoms with Gasteiger partial charge in [-0.1, -0.05) is 6.92 Å². The normalized spacial score (nSPS) is 12.8. The molecule has 0 radical (unpaired) electrons. The highest BCUT2D eigenvalue weighted by Gasteiger charge is 2.29. The third kappa shape index (κ3) is 4.80. The predicted molar refractivity (Wildman–Crippen MR) is 111 cm³/mol. The number of hydrogen-bond donors (Lipinski definition) is 0. The van der Waals surface area contributed by atoms with Crippen molar-refractivity contribution < 1.29 is 27.1 Å². The van der Waals surface area contributed by atoms with Crippen LogP contribution in [0.1, 0.15) is 19.8 Å². The number of carbonyl (C=O) groups is 2. The van der Waals surface area contributed by atoms with Gasteiger partial charge in [0.15, 0.2) is 5.75 Å². The van der Waals surface area contributed by atoms with E-state index < -0.39 is 27.9 Å². The van der Waals surface area contributed by atoms with Gasteiger partial charge in [0.25, 0.3) is 0 Å². The summed E-state index contributed by atoms with van der Waals surface area (Å²) < 4.78 is 47.3. The first kappa shape index (κ1) is 22.6. The Morgan fingerprint density at radius 2 is 2.00 bits per heavy atom. The van der Waals surface area contributed by atoms with Gasteiger partial charge in [-0.2, -0.15) is 4.31 Å². The van der Waals surface area contributed by atoms with Gasteiger partial charge in [-0.05, 0) is 36.4 Å². The number of aldehydes is 1. The van der Waals surface area contributed by atoms with E-state index in [-0.39, 0.29) is 24.3 Å². The van der Waals surface area contributed by atoms with Gasteiger partial charge in [0, 0.05) is 44.9 Å². The number of esters is 1. The van der Waals surface area contributed by atoms with E-state index in [0.717, 1.165) is 16.4 Å². The lowest BCUT2D eigenvalue weighted by Crippen LogP contribution is -2.40. The van der Waals surface area contributed by atoms with E-state index in [0.29, 0.717) is 23.1 Å². The van der Waals surface area contributed by atoms with Crippen LogP contribution in [-0.2, 0) is 26.2 Å². The van der Waals surface area contributed by atoms with Crippen LogP contribution in [0.3, 0.4) is 0 Å². The average molecular weight is 447 g/mol. The van der Waals surface area contributed by atoms with Crippen LogP contribution in [0, 0.1) is 5.82 Å². The van der Waals surface area contributed by atoms with Gasteiger partial charge in [-0.3, -0.25) is 4.79 Å². The molecule has 3 aromatic rings. The molecule has 0 unspecified atom stereocenters. The van der Waals surface area contributed by atoms with E-state index in [9.17, 15) is 22.4 Å². The number of benzene rings is 1. The molecule has 164 valence electrons. The van der Waals surface area contributed by atoms with Crippen molar-refractivity contribution in [1.29, 1.82) is 0 Å². The largest absolute Gasteiger partial charge is 0.424 e. The highest BCUT2D eigenvalue weighted by atomic mass is 32.2. The van der Waals surface area contributed by atoms with E-state index in [4.69, 9.17) is 4.74 Å². The summed E-state index contributed by atoms with van der Waals surface area (Å²) in [5, 5.41) is 0.596. The Hall–Kier alpha value is -3.11. The number of pyridine rings is 1. The lowest BCUT2D eigenvalue weighted by atomic mass is 10.2. The van der Waals surface area contributed by atoms with E-state index in [1.807, 2.05) is 0 Å². The highest BCUT2D eigenvalue weighted by Crippen LogP contribution is 2.28. The van der Waals surface area contributed by atoms with Crippen LogP contribution in [0.15, 0.2) is 53.7 Å². The van der Waals surface area contributed by atoms with Crippen molar-refractivity contribution in [2.45, 2.75) is 37.2 Å². The number of aromatic nitrogens is 2. The first-order chi connectivity index (χ1) is 14.8. The summed E-state index contributed by atoms with van der Waals surface area (Å²) in [6.45, 7) is 1.77. The fourth-order valence-electron chi connectivity index (χ4n) is 3.15. The summed E-state index contributed by atoms with van der Waals surface area (Å²) in [6.07, 6.45) is 3.89. The highest BCUT2D eigenvalue weighted by molar-refractivity contribution is 7.89. The van der Waals surface area contributed by atoms with Gasteiger partial charge in [0.05, 0.1) is 10.3 Å². The molecule has 0 N–H and O–H groups in total. The van der Waals surface area contributed by atoms with Gasteiger partial charge in [-0.15, -0.1) is 0 Å². The molecule has 31 heavy (non-hydrogen) atoms. The Morgan fingerprint density at radius 3 is 2.65 bits per heavy atom. The third-order valence-electron chi connectivity index (χ3n) is 4.89. The van der Waals surface area contributed by atoms with Crippen LogP contribution >= 0.6 is 0 Å². The Labute approximate surface area is 179 Å². The molecule has 0 fully saturated rings. The van der Waals surface area contributed by atoms with Crippen LogP contribution in [0.5, 0.6) is 5.75 Å². The van der Waals surface area contributed by atoms with Crippen molar-refractivity contribution in [2.75, 3.05) is 7.05 Å². The Balaban J connectivity index is 1.96. The van der Waals surface area contributed by atoms with Crippen molar-refractivity contribution in [3.05, 3.63) is 54.6 Å². The number of carbonyl (C=O) groups excluding carboxylic acids is 2. The van der Waals surface area contributed by atoms with Crippen LogP contribution in [0.4, 0.5) is 4.39 Å². The monoisotopic (exact) mass is 447 g/mol. The molecule has 0 spiro atoms. The van der Waals surface area contributed by atoms with Crippen molar-refractivity contribution in [2.24, 2.45) is 0 Å². The fraction of sp³-hybridized carbons (Fsp3) is 0.286. The van der Waals surface area contributed by atoms with Gasteiger partial charge in [-0.25, -0.2) is 17.8 Å². The second-order valence-corrected chi connectivity index (χ2v) is 8.88. The molecular weight excluding hydrogens is 425 g/mol. The quantitative estimate of drug-likeness (QED) is 0.370. The lowest BCUT2D eigenvalue weighted by Gasteiger charge is -2.26. The molecule has 0 aliphatic heterocycles. The van der Waals surface area contributed by atoms with Crippen LogP contribution in [0.2, 0.25) is 0 Å². The smallest absolute Gasteiger partial charge is 0.310 e. The van der Waals surface area contributed by atoms with E-state index in [1.165, 1.54) is 19.2 Å². The molecule has 0 aliphatic rings. The van der Waals surface area contributed by atoms with Crippen LogP contribution in [-0.4, -0.2) is 47.6 Å². The molecule has 8 nitrogen and oxygen atoms in total. The van der Waals surface area contributed by atoms with Gasteiger partial charge in [0.1, 0.15) is 17.8 Å². The molecule has 3 rings (SSSR count). The van der Waals surface area contributed by atoms with Crippen molar-refractivity contribution >= 4 is 33.3 Å². The molecule has 2 heterocycles. The standard InChI is InChI=1S/C21H22FN3O5S/c1-3-20(27)30-19-14-25(21-18(19)5-4-11-23-21)13-16(10-12-26)24(2)31(28,29)17-8-6-15(22)7-9-17/h4-9,11-12,14,16H,3,10,13H2,1-2H3/t16-/m1/s1. The predicted octanol–water partition coefficient (Wildman–Crippen LogP) is 2.77. The number of nitrogens with zero attached hydrogens (tertiary/aromatic N) is 3. The molecular formula is C21H22FN3O5S. The summed E-state index contributed by atoms with van der Waals surface area (Å²) in [5.74, 6) is -0.655.